The van der Waals surface area contributed by atoms with E-state index < -0.39 is 23.7 Å². The molecule has 1 rings (SSSR count). The highest BCUT2D eigenvalue weighted by molar-refractivity contribution is 6.30. The van der Waals surface area contributed by atoms with E-state index in [9.17, 15) is 18.0 Å². The smallest absolute Gasteiger partial charge is 0.324 e. The Balaban J connectivity index is 3.06. The number of alkyl halides is 3. The van der Waals surface area contributed by atoms with Gasteiger partial charge in [-0.15, -0.1) is 0 Å². The van der Waals surface area contributed by atoms with Crippen LogP contribution in [0.1, 0.15) is 18.9 Å². The molecule has 18 heavy (non-hydrogen) atoms. The fourth-order valence-corrected chi connectivity index (χ4v) is 1.44. The average molecular weight is 281 g/mol. The Labute approximate surface area is 107 Å². The van der Waals surface area contributed by atoms with Gasteiger partial charge in [0.05, 0.1) is 17.3 Å². The molecule has 100 valence electrons. The molecule has 0 heterocycles. The first kappa shape index (κ1) is 14.8. The number of hydrogen-bond acceptors (Lipinski definition) is 2. The number of rotatable bonds is 3. The highest BCUT2D eigenvalue weighted by Crippen LogP contribution is 2.36. The molecule has 3 N–H and O–H groups in total. The molecular formula is C11H12ClF3N2O. The Morgan fingerprint density at radius 1 is 1.50 bits per heavy atom. The molecule has 0 radical (unpaired) electrons. The summed E-state index contributed by atoms with van der Waals surface area (Å²) in [6.07, 6.45) is -4.26. The molecule has 1 aromatic carbocycles. The van der Waals surface area contributed by atoms with Gasteiger partial charge >= 0.3 is 6.18 Å². The van der Waals surface area contributed by atoms with Crippen molar-refractivity contribution in [2.45, 2.75) is 25.6 Å². The van der Waals surface area contributed by atoms with Gasteiger partial charge in [-0.25, -0.2) is 0 Å². The fraction of sp³-hybridized carbons (Fsp3) is 0.364. The van der Waals surface area contributed by atoms with Crippen molar-refractivity contribution in [3.05, 3.63) is 28.8 Å². The van der Waals surface area contributed by atoms with Crippen LogP contribution in [-0.2, 0) is 11.0 Å². The van der Waals surface area contributed by atoms with Crippen molar-refractivity contribution < 1.29 is 18.0 Å². The molecule has 0 bridgehead atoms. The van der Waals surface area contributed by atoms with Gasteiger partial charge < -0.3 is 11.1 Å². The SMILES string of the molecule is CC[C@H](N)C(=O)Nc1ccc(Cl)cc1C(F)(F)F. The van der Waals surface area contributed by atoms with Crippen molar-refractivity contribution in [1.82, 2.24) is 0 Å². The lowest BCUT2D eigenvalue weighted by Crippen LogP contribution is -2.35. The van der Waals surface area contributed by atoms with Crippen molar-refractivity contribution in [3.63, 3.8) is 0 Å². The first-order chi connectivity index (χ1) is 8.25. The zero-order valence-corrected chi connectivity index (χ0v) is 10.3. The molecule has 0 saturated heterocycles. The van der Waals surface area contributed by atoms with Crippen molar-refractivity contribution in [2.24, 2.45) is 5.73 Å². The van der Waals surface area contributed by atoms with E-state index in [1.54, 1.807) is 6.92 Å². The van der Waals surface area contributed by atoms with Crippen LogP contribution in [0.2, 0.25) is 5.02 Å². The van der Waals surface area contributed by atoms with Crippen LogP contribution in [0.15, 0.2) is 18.2 Å². The normalized spacial score (nSPS) is 13.2. The molecule has 1 amide bonds. The summed E-state index contributed by atoms with van der Waals surface area (Å²) < 4.78 is 38.2. The zero-order chi connectivity index (χ0) is 13.9. The lowest BCUT2D eigenvalue weighted by molar-refractivity contribution is -0.137. The Kier molecular flexibility index (Phi) is 4.59. The van der Waals surface area contributed by atoms with Gasteiger partial charge in [-0.2, -0.15) is 13.2 Å². The van der Waals surface area contributed by atoms with Crippen LogP contribution in [-0.4, -0.2) is 11.9 Å². The van der Waals surface area contributed by atoms with E-state index >= 15 is 0 Å². The summed E-state index contributed by atoms with van der Waals surface area (Å²) in [5, 5.41) is 2.10. The van der Waals surface area contributed by atoms with E-state index in [2.05, 4.69) is 5.32 Å². The Bertz CT molecular complexity index is 448. The summed E-state index contributed by atoms with van der Waals surface area (Å²) in [7, 11) is 0. The van der Waals surface area contributed by atoms with E-state index in [1.165, 1.54) is 6.07 Å². The number of anilines is 1. The maximum atomic E-state index is 12.7. The van der Waals surface area contributed by atoms with Crippen LogP contribution >= 0.6 is 11.6 Å². The molecule has 0 spiro atoms. The second-order valence-corrected chi connectivity index (χ2v) is 4.13. The number of carbonyl (C=O) groups excluding carboxylic acids is 1. The van der Waals surface area contributed by atoms with Crippen molar-refractivity contribution in [1.29, 1.82) is 0 Å². The summed E-state index contributed by atoms with van der Waals surface area (Å²) in [5.74, 6) is -0.662. The van der Waals surface area contributed by atoms with Gasteiger partial charge in [0.2, 0.25) is 5.91 Å². The third kappa shape index (κ3) is 3.61. The summed E-state index contributed by atoms with van der Waals surface area (Å²) in [4.78, 5) is 11.5. The second kappa shape index (κ2) is 5.58. The zero-order valence-electron chi connectivity index (χ0n) is 9.51. The van der Waals surface area contributed by atoms with Crippen LogP contribution < -0.4 is 11.1 Å². The van der Waals surface area contributed by atoms with Crippen molar-refractivity contribution in [2.75, 3.05) is 5.32 Å². The Hall–Kier alpha value is -1.27. The highest BCUT2D eigenvalue weighted by Gasteiger charge is 2.34. The molecule has 7 heteroatoms. The second-order valence-electron chi connectivity index (χ2n) is 3.69. The summed E-state index contributed by atoms with van der Waals surface area (Å²) in [5.41, 5.74) is 4.09. The minimum Gasteiger partial charge on any atom is -0.324 e. The Morgan fingerprint density at radius 2 is 2.11 bits per heavy atom. The summed E-state index contributed by atoms with van der Waals surface area (Å²) in [6, 6.07) is 2.28. The number of amides is 1. The number of benzene rings is 1. The average Bonchev–Trinajstić information content (AvgIpc) is 2.28. The molecule has 0 aliphatic heterocycles. The number of carbonyl (C=O) groups is 1. The monoisotopic (exact) mass is 280 g/mol. The number of nitrogens with one attached hydrogen (secondary N) is 1. The largest absolute Gasteiger partial charge is 0.418 e. The van der Waals surface area contributed by atoms with Crippen LogP contribution in [0, 0.1) is 0 Å². The van der Waals surface area contributed by atoms with Gasteiger partial charge in [0.1, 0.15) is 0 Å². The quantitative estimate of drug-likeness (QED) is 0.894. The third-order valence-corrected chi connectivity index (χ3v) is 2.56. The van der Waals surface area contributed by atoms with E-state index in [4.69, 9.17) is 17.3 Å². The third-order valence-electron chi connectivity index (χ3n) is 2.32. The van der Waals surface area contributed by atoms with Crippen LogP contribution in [0.3, 0.4) is 0 Å². The van der Waals surface area contributed by atoms with Crippen molar-refractivity contribution >= 4 is 23.2 Å². The minimum absolute atomic E-state index is 0.0555. The maximum Gasteiger partial charge on any atom is 0.418 e. The lowest BCUT2D eigenvalue weighted by atomic mass is 10.1. The predicted octanol–water partition coefficient (Wildman–Crippen LogP) is 3.03. The van der Waals surface area contributed by atoms with Crippen LogP contribution in [0.25, 0.3) is 0 Å². The molecule has 0 fully saturated rings. The standard InChI is InChI=1S/C11H12ClF3N2O/c1-2-8(16)10(18)17-9-4-3-6(12)5-7(9)11(13,14)15/h3-5,8H,2,16H2,1H3,(H,17,18)/t8-/m0/s1. The molecule has 1 aromatic rings. The van der Waals surface area contributed by atoms with Crippen molar-refractivity contribution in [3.8, 4) is 0 Å². The fourth-order valence-electron chi connectivity index (χ4n) is 1.27. The number of halogens is 4. The first-order valence-corrected chi connectivity index (χ1v) is 5.56. The maximum absolute atomic E-state index is 12.7. The summed E-state index contributed by atoms with van der Waals surface area (Å²) >= 11 is 5.51. The predicted molar refractivity (Wildman–Crippen MR) is 63.4 cm³/mol. The minimum atomic E-state index is -4.59. The Morgan fingerprint density at radius 3 is 2.61 bits per heavy atom. The molecule has 0 aliphatic rings. The van der Waals surface area contributed by atoms with Gasteiger partial charge in [-0.1, -0.05) is 18.5 Å². The molecule has 0 aliphatic carbocycles. The topological polar surface area (TPSA) is 55.1 Å². The van der Waals surface area contributed by atoms with E-state index in [0.29, 0.717) is 6.42 Å². The van der Waals surface area contributed by atoms with Gasteiger partial charge in [-0.05, 0) is 24.6 Å². The number of hydrogen-bond donors (Lipinski definition) is 2. The van der Waals surface area contributed by atoms with E-state index in [1.807, 2.05) is 0 Å². The molecule has 0 unspecified atom stereocenters. The highest BCUT2D eigenvalue weighted by atomic mass is 35.5. The van der Waals surface area contributed by atoms with E-state index in [0.717, 1.165) is 12.1 Å². The first-order valence-electron chi connectivity index (χ1n) is 5.19. The molecule has 1 atom stereocenters. The van der Waals surface area contributed by atoms with Crippen LogP contribution in [0.4, 0.5) is 18.9 Å². The van der Waals surface area contributed by atoms with Gasteiger partial charge in [0.15, 0.2) is 0 Å². The van der Waals surface area contributed by atoms with Gasteiger partial charge in [0, 0.05) is 5.02 Å². The molecule has 0 aromatic heterocycles. The molecule has 3 nitrogen and oxygen atoms in total. The molecular weight excluding hydrogens is 269 g/mol. The summed E-state index contributed by atoms with van der Waals surface area (Å²) in [6.45, 7) is 1.66. The number of nitrogens with two attached hydrogens (primary N) is 1. The van der Waals surface area contributed by atoms with Gasteiger partial charge in [0.25, 0.3) is 0 Å². The molecule has 0 saturated carbocycles. The lowest BCUT2D eigenvalue weighted by Gasteiger charge is -2.16. The van der Waals surface area contributed by atoms with Crippen LogP contribution in [0.5, 0.6) is 0 Å². The van der Waals surface area contributed by atoms with E-state index in [-0.39, 0.29) is 10.7 Å². The van der Waals surface area contributed by atoms with Gasteiger partial charge in [-0.3, -0.25) is 4.79 Å².